The summed E-state index contributed by atoms with van der Waals surface area (Å²) in [5.74, 6) is 1.55. The Bertz CT molecular complexity index is 470. The Morgan fingerprint density at radius 1 is 1.40 bits per heavy atom. The largest absolute Gasteiger partial charge is 0.342 e. The molecule has 0 radical (unpaired) electrons. The Kier molecular flexibility index (Phi) is 5.47. The molecule has 1 amide bonds. The SMILES string of the molecule is Cc1ccc(C)c(CC(=O)N2CCCC(CCCl)C2)c1. The van der Waals surface area contributed by atoms with Gasteiger partial charge in [0.2, 0.25) is 5.91 Å². The Hall–Kier alpha value is -1.02. The number of rotatable bonds is 4. The fourth-order valence-corrected chi connectivity index (χ4v) is 3.26. The van der Waals surface area contributed by atoms with E-state index in [9.17, 15) is 4.79 Å². The zero-order valence-electron chi connectivity index (χ0n) is 12.5. The summed E-state index contributed by atoms with van der Waals surface area (Å²) in [5, 5.41) is 0. The second-order valence-electron chi connectivity index (χ2n) is 5.93. The molecular weight excluding hydrogens is 270 g/mol. The molecule has 20 heavy (non-hydrogen) atoms. The van der Waals surface area contributed by atoms with E-state index >= 15 is 0 Å². The Morgan fingerprint density at radius 2 is 2.20 bits per heavy atom. The normalized spacial score (nSPS) is 19.1. The number of alkyl halides is 1. The number of benzene rings is 1. The smallest absolute Gasteiger partial charge is 0.227 e. The number of nitrogens with zero attached hydrogens (tertiary/aromatic N) is 1. The predicted octanol–water partition coefficient (Wildman–Crippen LogP) is 3.71. The molecule has 0 aromatic heterocycles. The third kappa shape index (κ3) is 3.99. The van der Waals surface area contributed by atoms with Gasteiger partial charge in [-0.15, -0.1) is 11.6 Å². The minimum atomic E-state index is 0.262. The first-order chi connectivity index (χ1) is 9.60. The fraction of sp³-hybridized carbons (Fsp3) is 0.588. The fourth-order valence-electron chi connectivity index (χ4n) is 2.95. The van der Waals surface area contributed by atoms with Crippen molar-refractivity contribution in [1.82, 2.24) is 4.90 Å². The van der Waals surface area contributed by atoms with Crippen LogP contribution in [0, 0.1) is 19.8 Å². The predicted molar refractivity (Wildman–Crippen MR) is 84.3 cm³/mol. The number of hydrogen-bond donors (Lipinski definition) is 0. The van der Waals surface area contributed by atoms with Crippen molar-refractivity contribution in [3.63, 3.8) is 0 Å². The molecule has 2 rings (SSSR count). The maximum atomic E-state index is 12.5. The van der Waals surface area contributed by atoms with E-state index in [1.165, 1.54) is 17.5 Å². The third-order valence-corrected chi connectivity index (χ3v) is 4.45. The zero-order valence-corrected chi connectivity index (χ0v) is 13.2. The summed E-state index contributed by atoms with van der Waals surface area (Å²) in [6, 6.07) is 6.33. The zero-order chi connectivity index (χ0) is 14.5. The van der Waals surface area contributed by atoms with Crippen LogP contribution in [0.1, 0.15) is 36.0 Å². The molecule has 1 aliphatic heterocycles. The first kappa shape index (κ1) is 15.4. The van der Waals surface area contributed by atoms with E-state index in [0.717, 1.165) is 31.5 Å². The Balaban J connectivity index is 1.99. The number of carbonyl (C=O) groups excluding carboxylic acids is 1. The molecule has 1 heterocycles. The highest BCUT2D eigenvalue weighted by Gasteiger charge is 2.23. The van der Waals surface area contributed by atoms with Crippen molar-refractivity contribution in [3.8, 4) is 0 Å². The molecular formula is C17H24ClNO. The summed E-state index contributed by atoms with van der Waals surface area (Å²) in [6.07, 6.45) is 3.87. The van der Waals surface area contributed by atoms with Crippen molar-refractivity contribution in [2.75, 3.05) is 19.0 Å². The van der Waals surface area contributed by atoms with Crippen molar-refractivity contribution in [2.45, 2.75) is 39.5 Å². The average Bonchev–Trinajstić information content (AvgIpc) is 2.43. The van der Waals surface area contributed by atoms with Crippen LogP contribution in [0.5, 0.6) is 0 Å². The van der Waals surface area contributed by atoms with E-state index in [0.29, 0.717) is 18.2 Å². The van der Waals surface area contributed by atoms with Gasteiger partial charge >= 0.3 is 0 Å². The van der Waals surface area contributed by atoms with Gasteiger partial charge in [0, 0.05) is 19.0 Å². The van der Waals surface area contributed by atoms with Crippen molar-refractivity contribution >= 4 is 17.5 Å². The van der Waals surface area contributed by atoms with Gasteiger partial charge in [0.25, 0.3) is 0 Å². The molecule has 1 saturated heterocycles. The van der Waals surface area contributed by atoms with E-state index in [4.69, 9.17) is 11.6 Å². The van der Waals surface area contributed by atoms with Gasteiger partial charge in [-0.05, 0) is 50.2 Å². The summed E-state index contributed by atoms with van der Waals surface area (Å²) >= 11 is 5.83. The van der Waals surface area contributed by atoms with Gasteiger partial charge in [0.05, 0.1) is 6.42 Å². The number of likely N-dealkylation sites (tertiary alicyclic amines) is 1. The lowest BCUT2D eigenvalue weighted by atomic mass is 9.94. The standard InChI is InChI=1S/C17H24ClNO/c1-13-5-6-14(2)16(10-13)11-17(20)19-9-3-4-15(12-19)7-8-18/h5-6,10,15H,3-4,7-9,11-12H2,1-2H3. The second-order valence-corrected chi connectivity index (χ2v) is 6.31. The van der Waals surface area contributed by atoms with E-state index in [-0.39, 0.29) is 5.91 Å². The molecule has 110 valence electrons. The van der Waals surface area contributed by atoms with E-state index < -0.39 is 0 Å². The molecule has 0 saturated carbocycles. The molecule has 0 N–H and O–H groups in total. The quantitative estimate of drug-likeness (QED) is 0.775. The van der Waals surface area contributed by atoms with Crippen LogP contribution in [0.3, 0.4) is 0 Å². The second kappa shape index (κ2) is 7.12. The van der Waals surface area contributed by atoms with Crippen molar-refractivity contribution in [1.29, 1.82) is 0 Å². The van der Waals surface area contributed by atoms with E-state index in [1.807, 2.05) is 4.90 Å². The Morgan fingerprint density at radius 3 is 2.95 bits per heavy atom. The maximum absolute atomic E-state index is 12.5. The monoisotopic (exact) mass is 293 g/mol. The average molecular weight is 294 g/mol. The van der Waals surface area contributed by atoms with Crippen LogP contribution in [0.15, 0.2) is 18.2 Å². The van der Waals surface area contributed by atoms with Gasteiger partial charge in [-0.2, -0.15) is 0 Å². The van der Waals surface area contributed by atoms with Gasteiger partial charge in [0.1, 0.15) is 0 Å². The highest BCUT2D eigenvalue weighted by molar-refractivity contribution is 6.17. The molecule has 2 nitrogen and oxygen atoms in total. The molecule has 3 heteroatoms. The molecule has 1 aliphatic rings. The van der Waals surface area contributed by atoms with Crippen LogP contribution in [-0.4, -0.2) is 29.8 Å². The molecule has 1 unspecified atom stereocenters. The molecule has 1 atom stereocenters. The summed E-state index contributed by atoms with van der Waals surface area (Å²) in [7, 11) is 0. The van der Waals surface area contributed by atoms with Gasteiger partial charge in [-0.3, -0.25) is 4.79 Å². The van der Waals surface area contributed by atoms with Gasteiger partial charge in [-0.25, -0.2) is 0 Å². The van der Waals surface area contributed by atoms with E-state index in [1.54, 1.807) is 0 Å². The number of piperidine rings is 1. The highest BCUT2D eigenvalue weighted by atomic mass is 35.5. The number of hydrogen-bond acceptors (Lipinski definition) is 1. The first-order valence-corrected chi connectivity index (χ1v) is 8.03. The molecule has 1 fully saturated rings. The lowest BCUT2D eigenvalue weighted by molar-refractivity contribution is -0.132. The summed E-state index contributed by atoms with van der Waals surface area (Å²) in [6.45, 7) is 5.94. The van der Waals surface area contributed by atoms with Crippen molar-refractivity contribution < 1.29 is 4.79 Å². The molecule has 0 aliphatic carbocycles. The maximum Gasteiger partial charge on any atom is 0.227 e. The topological polar surface area (TPSA) is 20.3 Å². The number of aryl methyl sites for hydroxylation is 2. The lowest BCUT2D eigenvalue weighted by Crippen LogP contribution is -2.40. The van der Waals surface area contributed by atoms with Crippen LogP contribution in [-0.2, 0) is 11.2 Å². The van der Waals surface area contributed by atoms with Crippen LogP contribution in [0.2, 0.25) is 0 Å². The van der Waals surface area contributed by atoms with Crippen molar-refractivity contribution in [2.24, 2.45) is 5.92 Å². The van der Waals surface area contributed by atoms with Gasteiger partial charge in [0.15, 0.2) is 0 Å². The van der Waals surface area contributed by atoms with Gasteiger partial charge < -0.3 is 4.90 Å². The molecule has 1 aromatic carbocycles. The van der Waals surface area contributed by atoms with Gasteiger partial charge in [-0.1, -0.05) is 23.8 Å². The molecule has 0 spiro atoms. The summed E-state index contributed by atoms with van der Waals surface area (Å²) < 4.78 is 0. The van der Waals surface area contributed by atoms with Crippen LogP contribution in [0.4, 0.5) is 0 Å². The minimum Gasteiger partial charge on any atom is -0.342 e. The third-order valence-electron chi connectivity index (χ3n) is 4.24. The van der Waals surface area contributed by atoms with E-state index in [2.05, 4.69) is 32.0 Å². The lowest BCUT2D eigenvalue weighted by Gasteiger charge is -2.32. The van der Waals surface area contributed by atoms with Crippen molar-refractivity contribution in [3.05, 3.63) is 34.9 Å². The van der Waals surface area contributed by atoms with Crippen LogP contribution < -0.4 is 0 Å². The number of amides is 1. The summed E-state index contributed by atoms with van der Waals surface area (Å²) in [4.78, 5) is 14.5. The van der Waals surface area contributed by atoms with Crippen LogP contribution >= 0.6 is 11.6 Å². The molecule has 0 bridgehead atoms. The molecule has 1 aromatic rings. The van der Waals surface area contributed by atoms with Crippen LogP contribution in [0.25, 0.3) is 0 Å². The minimum absolute atomic E-state index is 0.262. The first-order valence-electron chi connectivity index (χ1n) is 7.50. The number of halogens is 1. The summed E-state index contributed by atoms with van der Waals surface area (Å²) in [5.41, 5.74) is 3.59. The number of carbonyl (C=O) groups is 1. The Labute approximate surface area is 127 Å². The highest BCUT2D eigenvalue weighted by Crippen LogP contribution is 2.21.